The number of hydrogen-bond donors (Lipinski definition) is 2. The Morgan fingerprint density at radius 1 is 1.36 bits per heavy atom. The first-order valence-electron chi connectivity index (χ1n) is 11.5. The summed E-state index contributed by atoms with van der Waals surface area (Å²) in [4.78, 5) is 24.4. The average Bonchev–Trinajstić information content (AvgIpc) is 3.32. The standard InChI is InChI=1S/C23H27ClFN2O8P/c1-23(2)33-19-18(32-22(20(19)34-23)27-8-3-4-14(11-27)21(26)28)12-31-36(29)30-9-7-17(35-36)13-5-6-16(25)15(24)10-13/h3,5-6,8,10-11,17-20,22,29H,4,7,9,12H2,1-2H3,(H-,26,28)/p+1/t17?,18?,19-,20-,22-,36?/m1/s1. The van der Waals surface area contributed by atoms with Gasteiger partial charge in [-0.05, 0) is 38.0 Å². The zero-order valence-corrected chi connectivity index (χ0v) is 21.4. The van der Waals surface area contributed by atoms with E-state index in [4.69, 9.17) is 45.1 Å². The summed E-state index contributed by atoms with van der Waals surface area (Å²) in [5.74, 6) is -1.93. The van der Waals surface area contributed by atoms with Crippen LogP contribution in [-0.4, -0.2) is 59.2 Å². The van der Waals surface area contributed by atoms with Crippen LogP contribution in [0.3, 0.4) is 0 Å². The van der Waals surface area contributed by atoms with E-state index < -0.39 is 56.3 Å². The third kappa shape index (κ3) is 5.31. The van der Waals surface area contributed by atoms with Crippen LogP contribution in [0.1, 0.15) is 38.4 Å². The number of ether oxygens (including phenoxy) is 3. The third-order valence-electron chi connectivity index (χ3n) is 6.27. The van der Waals surface area contributed by atoms with Crippen LogP contribution in [0.2, 0.25) is 5.02 Å². The summed E-state index contributed by atoms with van der Waals surface area (Å²) in [6.07, 6.45) is 3.23. The number of rotatable bonds is 6. The lowest BCUT2D eigenvalue weighted by molar-refractivity contribution is -0.202. The molecule has 6 atom stereocenters. The van der Waals surface area contributed by atoms with Gasteiger partial charge < -0.3 is 24.8 Å². The van der Waals surface area contributed by atoms with Crippen LogP contribution in [0.4, 0.5) is 4.39 Å². The lowest BCUT2D eigenvalue weighted by Gasteiger charge is -2.31. The predicted octanol–water partition coefficient (Wildman–Crippen LogP) is 3.48. The lowest BCUT2D eigenvalue weighted by Crippen LogP contribution is -2.40. The van der Waals surface area contributed by atoms with Crippen LogP contribution < -0.4 is 5.73 Å². The van der Waals surface area contributed by atoms with Crippen LogP contribution >= 0.6 is 19.8 Å². The number of nitrogens with two attached hydrogens (primary N) is 1. The molecule has 4 aliphatic heterocycles. The van der Waals surface area contributed by atoms with E-state index >= 15 is 0 Å². The van der Waals surface area contributed by atoms with Crippen LogP contribution in [-0.2, 0) is 32.6 Å². The van der Waals surface area contributed by atoms with Gasteiger partial charge in [-0.15, -0.1) is 4.52 Å². The summed E-state index contributed by atoms with van der Waals surface area (Å²) in [5.41, 5.74) is 6.50. The second-order valence-corrected chi connectivity index (χ2v) is 11.4. The molecule has 3 saturated heterocycles. The minimum Gasteiger partial charge on any atom is -0.366 e. The monoisotopic (exact) mass is 545 g/mol. The third-order valence-corrected chi connectivity index (χ3v) is 8.06. The smallest absolute Gasteiger partial charge is 0.366 e. The quantitative estimate of drug-likeness (QED) is 0.517. The first kappa shape index (κ1) is 26.0. The van der Waals surface area contributed by atoms with Crippen molar-refractivity contribution in [3.63, 3.8) is 0 Å². The van der Waals surface area contributed by atoms with E-state index in [1.54, 1.807) is 37.2 Å². The van der Waals surface area contributed by atoms with Gasteiger partial charge in [0.2, 0.25) is 5.91 Å². The van der Waals surface area contributed by atoms with Crippen molar-refractivity contribution in [1.29, 1.82) is 0 Å². The van der Waals surface area contributed by atoms with Gasteiger partial charge in [0.25, 0.3) is 0 Å². The Morgan fingerprint density at radius 2 is 2.14 bits per heavy atom. The summed E-state index contributed by atoms with van der Waals surface area (Å²) in [5, 5.41) is -0.0388. The molecular weight excluding hydrogens is 518 g/mol. The van der Waals surface area contributed by atoms with Gasteiger partial charge in [0.15, 0.2) is 12.0 Å². The molecule has 5 rings (SSSR count). The molecule has 196 valence electrons. The van der Waals surface area contributed by atoms with Gasteiger partial charge in [-0.25, -0.2) is 4.39 Å². The number of carbonyl (C=O) groups is 1. The van der Waals surface area contributed by atoms with Crippen molar-refractivity contribution in [2.45, 2.75) is 63.1 Å². The fraction of sp³-hybridized carbons (Fsp3) is 0.522. The predicted molar refractivity (Wildman–Crippen MR) is 126 cm³/mol. The van der Waals surface area contributed by atoms with Crippen molar-refractivity contribution in [3.8, 4) is 0 Å². The molecule has 4 aliphatic rings. The van der Waals surface area contributed by atoms with Crippen molar-refractivity contribution in [3.05, 3.63) is 58.7 Å². The van der Waals surface area contributed by atoms with E-state index in [0.29, 0.717) is 24.0 Å². The molecule has 3 N–H and O–H groups in total. The Labute approximate surface area is 213 Å². The Bertz CT molecular complexity index is 1090. The highest BCUT2D eigenvalue weighted by molar-refractivity contribution is 7.55. The molecule has 3 fully saturated rings. The minimum atomic E-state index is -3.72. The Kier molecular flexibility index (Phi) is 7.14. The van der Waals surface area contributed by atoms with Crippen molar-refractivity contribution < 1.29 is 41.9 Å². The van der Waals surface area contributed by atoms with Crippen LogP contribution in [0.15, 0.2) is 42.2 Å². The molecule has 1 aromatic rings. The van der Waals surface area contributed by atoms with E-state index in [1.807, 2.05) is 6.08 Å². The minimum absolute atomic E-state index is 0.0388. The maximum Gasteiger partial charge on any atom is 0.573 e. The maximum absolute atomic E-state index is 13.6. The van der Waals surface area contributed by atoms with Crippen LogP contribution in [0, 0.1) is 5.82 Å². The molecule has 10 nitrogen and oxygen atoms in total. The number of hydrogen-bond acceptors (Lipinski definition) is 9. The Morgan fingerprint density at radius 3 is 2.89 bits per heavy atom. The first-order chi connectivity index (χ1) is 17.0. The molecule has 36 heavy (non-hydrogen) atoms. The molecule has 13 heteroatoms. The van der Waals surface area contributed by atoms with Crippen LogP contribution in [0.25, 0.3) is 0 Å². The van der Waals surface area contributed by atoms with Gasteiger partial charge in [0.05, 0.1) is 5.02 Å². The van der Waals surface area contributed by atoms with Gasteiger partial charge in [-0.1, -0.05) is 23.7 Å². The normalized spacial score (nSPS) is 35.5. The number of primary amides is 1. The molecule has 0 radical (unpaired) electrons. The Hall–Kier alpha value is -1.66. The van der Waals surface area contributed by atoms with E-state index in [0.717, 1.165) is 0 Å². The highest BCUT2D eigenvalue weighted by Gasteiger charge is 2.59. The summed E-state index contributed by atoms with van der Waals surface area (Å²) in [6.45, 7) is 3.66. The molecule has 1 amide bonds. The van der Waals surface area contributed by atoms with Crippen molar-refractivity contribution >= 4 is 25.7 Å². The highest BCUT2D eigenvalue weighted by atomic mass is 35.5. The van der Waals surface area contributed by atoms with E-state index in [9.17, 15) is 14.1 Å². The molecule has 0 bridgehead atoms. The number of benzene rings is 1. The largest absolute Gasteiger partial charge is 0.573 e. The number of nitrogens with zero attached hydrogens (tertiary/aromatic N) is 1. The Balaban J connectivity index is 1.28. The summed E-state index contributed by atoms with van der Waals surface area (Å²) < 4.78 is 49.0. The summed E-state index contributed by atoms with van der Waals surface area (Å²) in [7, 11) is -3.72. The van der Waals surface area contributed by atoms with Crippen molar-refractivity contribution in [2.24, 2.45) is 5.73 Å². The molecular formula is C23H28ClFN2O8P+. The molecule has 0 spiro atoms. The first-order valence-corrected chi connectivity index (χ1v) is 13.4. The molecule has 0 aromatic heterocycles. The van der Waals surface area contributed by atoms with Gasteiger partial charge in [0, 0.05) is 24.4 Å². The molecule has 3 unspecified atom stereocenters. The second-order valence-electron chi connectivity index (χ2n) is 9.34. The van der Waals surface area contributed by atoms with Gasteiger partial charge >= 0.3 is 8.17 Å². The second kappa shape index (κ2) is 9.90. The molecule has 4 heterocycles. The zero-order chi connectivity index (χ0) is 25.7. The number of halogens is 2. The molecule has 0 aliphatic carbocycles. The fourth-order valence-corrected chi connectivity index (χ4v) is 6.23. The van der Waals surface area contributed by atoms with Gasteiger partial charge in [0.1, 0.15) is 43.4 Å². The fourth-order valence-electron chi connectivity index (χ4n) is 4.63. The van der Waals surface area contributed by atoms with E-state index in [2.05, 4.69) is 0 Å². The maximum atomic E-state index is 13.6. The molecule has 1 aromatic carbocycles. The van der Waals surface area contributed by atoms with Gasteiger partial charge in [-0.2, -0.15) is 13.9 Å². The topological polar surface area (TPSA) is 122 Å². The zero-order valence-electron chi connectivity index (χ0n) is 19.7. The number of allylic oxidation sites excluding steroid dienone is 1. The van der Waals surface area contributed by atoms with E-state index in [-0.39, 0.29) is 18.2 Å². The van der Waals surface area contributed by atoms with E-state index in [1.165, 1.54) is 12.1 Å². The number of fused-ring (bicyclic) bond motifs is 1. The van der Waals surface area contributed by atoms with Crippen molar-refractivity contribution in [2.75, 3.05) is 13.2 Å². The highest BCUT2D eigenvalue weighted by Crippen LogP contribution is 2.64. The molecule has 0 saturated carbocycles. The number of amides is 1. The lowest BCUT2D eigenvalue weighted by atomic mass is 10.1. The van der Waals surface area contributed by atoms with Gasteiger partial charge in [-0.3, -0.25) is 4.79 Å². The summed E-state index contributed by atoms with van der Waals surface area (Å²) >= 11 is 5.90. The van der Waals surface area contributed by atoms with Crippen molar-refractivity contribution in [1.82, 2.24) is 4.90 Å². The average molecular weight is 546 g/mol. The SMILES string of the molecule is CC1(C)O[C@@H]2[C@H](O1)C(CO[P+]1(O)OCCC(c3ccc(F)c(Cl)c3)O1)O[C@H]2N1C=CCC(C(N)=O)=C1. The van der Waals surface area contributed by atoms with Crippen LogP contribution in [0.5, 0.6) is 0 Å². The number of carbonyl (C=O) groups excluding carboxylic acids is 1. The summed E-state index contributed by atoms with van der Waals surface area (Å²) in [6, 6.07) is 4.24.